The molecular weight excluding hydrogens is 458 g/mol. The van der Waals surface area contributed by atoms with Gasteiger partial charge in [-0.2, -0.15) is 0 Å². The highest BCUT2D eigenvalue weighted by molar-refractivity contribution is 6.07. The van der Waals surface area contributed by atoms with Gasteiger partial charge in [-0.05, 0) is 78.9 Å². The summed E-state index contributed by atoms with van der Waals surface area (Å²) in [5.74, 6) is -0.918. The number of ether oxygens (including phenoxy) is 1. The number of furan rings is 1. The van der Waals surface area contributed by atoms with E-state index in [1.54, 1.807) is 18.4 Å². The van der Waals surface area contributed by atoms with Crippen LogP contribution in [0.15, 0.2) is 71.3 Å². The Labute approximate surface area is 206 Å². The van der Waals surface area contributed by atoms with Crippen molar-refractivity contribution < 1.29 is 23.5 Å². The van der Waals surface area contributed by atoms with Crippen molar-refractivity contribution in [2.45, 2.75) is 19.3 Å². The van der Waals surface area contributed by atoms with Crippen molar-refractivity contribution >= 4 is 46.0 Å². The first-order chi connectivity index (χ1) is 17.5. The molecule has 36 heavy (non-hydrogen) atoms. The van der Waals surface area contributed by atoms with Gasteiger partial charge in [0, 0.05) is 16.6 Å². The first-order valence-electron chi connectivity index (χ1n) is 11.5. The number of carbonyl (C=O) groups excluding carboxylic acids is 3. The van der Waals surface area contributed by atoms with Crippen LogP contribution in [-0.2, 0) is 16.0 Å². The van der Waals surface area contributed by atoms with E-state index in [1.165, 1.54) is 12.1 Å². The number of primary amides is 1. The predicted molar refractivity (Wildman–Crippen MR) is 135 cm³/mol. The molecule has 0 unspecified atom stereocenters. The maximum atomic E-state index is 13.3. The normalized spacial score (nSPS) is 13.8. The van der Waals surface area contributed by atoms with Crippen LogP contribution in [0, 0.1) is 0 Å². The Morgan fingerprint density at radius 3 is 2.58 bits per heavy atom. The van der Waals surface area contributed by atoms with E-state index in [0.717, 1.165) is 35.4 Å². The van der Waals surface area contributed by atoms with Gasteiger partial charge in [-0.15, -0.1) is 0 Å². The minimum absolute atomic E-state index is 0.328. The third-order valence-corrected chi connectivity index (χ3v) is 6.02. The molecule has 0 spiro atoms. The van der Waals surface area contributed by atoms with Crippen LogP contribution in [0.2, 0.25) is 0 Å². The molecule has 2 heterocycles. The Morgan fingerprint density at radius 2 is 1.83 bits per heavy atom. The number of allylic oxidation sites excluding steroid dienone is 1. The quantitative estimate of drug-likeness (QED) is 0.388. The van der Waals surface area contributed by atoms with Gasteiger partial charge in [0.15, 0.2) is 6.61 Å². The highest BCUT2D eigenvalue weighted by Gasteiger charge is 2.26. The van der Waals surface area contributed by atoms with Crippen molar-refractivity contribution in [1.82, 2.24) is 4.98 Å². The number of nitrogens with two attached hydrogens (primary N) is 1. The standard InChI is InChI=1S/C28H23N3O5/c29-27(33)17-10-12-19(13-11-17)30-24(32)16-36-28(34)25-21-7-1-2-9-23(21)31-26-18(5-3-8-22(25)26)15-20-6-4-14-35-20/h1-2,4,6-7,9-15H,3,5,8,16H2,(H2,29,33)(H,30,32)/b18-15-. The summed E-state index contributed by atoms with van der Waals surface area (Å²) in [6, 6.07) is 17.2. The summed E-state index contributed by atoms with van der Waals surface area (Å²) in [5.41, 5.74) is 9.68. The van der Waals surface area contributed by atoms with Gasteiger partial charge in [-0.3, -0.25) is 9.59 Å². The largest absolute Gasteiger partial charge is 0.465 e. The molecule has 8 nitrogen and oxygen atoms in total. The lowest BCUT2D eigenvalue weighted by molar-refractivity contribution is -0.119. The van der Waals surface area contributed by atoms with Crippen molar-refractivity contribution in [2.75, 3.05) is 11.9 Å². The lowest BCUT2D eigenvalue weighted by Gasteiger charge is -2.22. The van der Waals surface area contributed by atoms with E-state index in [9.17, 15) is 14.4 Å². The molecule has 0 atom stereocenters. The van der Waals surface area contributed by atoms with Crippen LogP contribution >= 0.6 is 0 Å². The summed E-state index contributed by atoms with van der Waals surface area (Å²) in [5, 5.41) is 3.33. The molecule has 0 saturated heterocycles. The molecule has 2 aromatic heterocycles. The Hall–Kier alpha value is -4.72. The van der Waals surface area contributed by atoms with Crippen molar-refractivity contribution in [2.24, 2.45) is 5.73 Å². The molecule has 0 bridgehead atoms. The first-order valence-corrected chi connectivity index (χ1v) is 11.5. The zero-order valence-electron chi connectivity index (χ0n) is 19.3. The van der Waals surface area contributed by atoms with E-state index in [-0.39, 0.29) is 0 Å². The number of anilines is 1. The number of para-hydroxylation sites is 1. The first kappa shape index (κ1) is 23.0. The average Bonchev–Trinajstić information content (AvgIpc) is 3.40. The van der Waals surface area contributed by atoms with E-state index >= 15 is 0 Å². The molecular formula is C28H23N3O5. The zero-order chi connectivity index (χ0) is 25.1. The fraction of sp³-hybridized carbons (Fsp3) is 0.143. The van der Waals surface area contributed by atoms with E-state index in [4.69, 9.17) is 19.9 Å². The smallest absolute Gasteiger partial charge is 0.339 e. The summed E-state index contributed by atoms with van der Waals surface area (Å²) in [6.45, 7) is -0.461. The lowest BCUT2D eigenvalue weighted by atomic mass is 9.86. The van der Waals surface area contributed by atoms with Crippen LogP contribution < -0.4 is 11.1 Å². The number of fused-ring (bicyclic) bond motifs is 2. The molecule has 0 fully saturated rings. The number of carbonyl (C=O) groups is 3. The van der Waals surface area contributed by atoms with Gasteiger partial charge in [-0.25, -0.2) is 9.78 Å². The SMILES string of the molecule is NC(=O)c1ccc(NC(=O)COC(=O)c2c3c(nc4ccccc24)/C(=C\c2ccco2)CCC3)cc1. The van der Waals surface area contributed by atoms with Crippen LogP contribution in [0.5, 0.6) is 0 Å². The molecule has 0 radical (unpaired) electrons. The van der Waals surface area contributed by atoms with Crippen molar-refractivity contribution in [3.05, 3.63) is 95.1 Å². The van der Waals surface area contributed by atoms with Gasteiger partial charge < -0.3 is 20.2 Å². The Morgan fingerprint density at radius 1 is 1.03 bits per heavy atom. The zero-order valence-corrected chi connectivity index (χ0v) is 19.3. The maximum Gasteiger partial charge on any atom is 0.339 e. The number of amides is 2. The number of nitrogens with one attached hydrogen (secondary N) is 1. The van der Waals surface area contributed by atoms with Crippen LogP contribution in [0.1, 0.15) is 50.6 Å². The van der Waals surface area contributed by atoms with Gasteiger partial charge >= 0.3 is 5.97 Å². The van der Waals surface area contributed by atoms with E-state index in [0.29, 0.717) is 34.1 Å². The van der Waals surface area contributed by atoms with Gasteiger partial charge in [0.2, 0.25) is 5.91 Å². The van der Waals surface area contributed by atoms with Crippen LogP contribution in [0.4, 0.5) is 5.69 Å². The predicted octanol–water partition coefficient (Wildman–Crippen LogP) is 4.60. The number of rotatable bonds is 6. The van der Waals surface area contributed by atoms with E-state index in [2.05, 4.69) is 5.32 Å². The van der Waals surface area contributed by atoms with Crippen molar-refractivity contribution in [1.29, 1.82) is 0 Å². The fourth-order valence-electron chi connectivity index (χ4n) is 4.37. The number of esters is 1. The third kappa shape index (κ3) is 4.74. The molecule has 2 aromatic carbocycles. The van der Waals surface area contributed by atoms with Gasteiger partial charge in [0.25, 0.3) is 5.91 Å². The molecule has 1 aliphatic carbocycles. The second kappa shape index (κ2) is 9.87. The minimum Gasteiger partial charge on any atom is -0.465 e. The highest BCUT2D eigenvalue weighted by atomic mass is 16.5. The van der Waals surface area contributed by atoms with Crippen LogP contribution in [-0.4, -0.2) is 29.4 Å². The average molecular weight is 482 g/mol. The molecule has 8 heteroatoms. The Bertz CT molecular complexity index is 1490. The number of aromatic nitrogens is 1. The molecule has 1 aliphatic rings. The lowest BCUT2D eigenvalue weighted by Crippen LogP contribution is -2.22. The van der Waals surface area contributed by atoms with Crippen LogP contribution in [0.3, 0.4) is 0 Å². The number of pyridine rings is 1. The second-order valence-electron chi connectivity index (χ2n) is 8.44. The second-order valence-corrected chi connectivity index (χ2v) is 8.44. The molecule has 2 amide bonds. The maximum absolute atomic E-state index is 13.3. The van der Waals surface area contributed by atoms with E-state index < -0.39 is 24.4 Å². The summed E-state index contributed by atoms with van der Waals surface area (Å²) in [7, 11) is 0. The number of benzene rings is 2. The Balaban J connectivity index is 1.40. The summed E-state index contributed by atoms with van der Waals surface area (Å²) < 4.78 is 10.9. The molecule has 0 aliphatic heterocycles. The minimum atomic E-state index is -0.580. The van der Waals surface area contributed by atoms with Gasteiger partial charge in [-0.1, -0.05) is 18.2 Å². The number of hydrogen-bond donors (Lipinski definition) is 2. The molecule has 5 rings (SSSR count). The third-order valence-electron chi connectivity index (χ3n) is 6.02. The van der Waals surface area contributed by atoms with Crippen molar-refractivity contribution in [3.8, 4) is 0 Å². The van der Waals surface area contributed by atoms with Gasteiger partial charge in [0.1, 0.15) is 5.76 Å². The summed E-state index contributed by atoms with van der Waals surface area (Å²) >= 11 is 0. The topological polar surface area (TPSA) is 125 Å². The molecule has 180 valence electrons. The fourth-order valence-corrected chi connectivity index (χ4v) is 4.37. The summed E-state index contributed by atoms with van der Waals surface area (Å²) in [4.78, 5) is 41.8. The summed E-state index contributed by atoms with van der Waals surface area (Å²) in [6.07, 6.45) is 5.90. The monoisotopic (exact) mass is 481 g/mol. The molecule has 4 aromatic rings. The molecule has 0 saturated carbocycles. The number of nitrogens with zero attached hydrogens (tertiary/aromatic N) is 1. The Kier molecular flexibility index (Phi) is 6.32. The number of hydrogen-bond acceptors (Lipinski definition) is 6. The van der Waals surface area contributed by atoms with Gasteiger partial charge in [0.05, 0.1) is 23.0 Å². The van der Waals surface area contributed by atoms with E-state index in [1.807, 2.05) is 42.5 Å². The molecule has 3 N–H and O–H groups in total. The van der Waals surface area contributed by atoms with Crippen LogP contribution in [0.25, 0.3) is 22.6 Å². The highest BCUT2D eigenvalue weighted by Crippen LogP contribution is 2.36. The van der Waals surface area contributed by atoms with Crippen molar-refractivity contribution in [3.63, 3.8) is 0 Å².